The Bertz CT molecular complexity index is 1210. The van der Waals surface area contributed by atoms with Gasteiger partial charge in [0.1, 0.15) is 18.3 Å². The lowest BCUT2D eigenvalue weighted by Crippen LogP contribution is -2.49. The molecule has 1 saturated heterocycles. The van der Waals surface area contributed by atoms with Crippen molar-refractivity contribution in [2.75, 3.05) is 47.5 Å². The van der Waals surface area contributed by atoms with Gasteiger partial charge in [-0.05, 0) is 13.0 Å². The maximum absolute atomic E-state index is 12.8. The van der Waals surface area contributed by atoms with Crippen molar-refractivity contribution in [2.24, 2.45) is 0 Å². The highest BCUT2D eigenvalue weighted by Crippen LogP contribution is 2.40. The molecular weight excluding hydrogens is 430 g/mol. The van der Waals surface area contributed by atoms with Gasteiger partial charge in [-0.1, -0.05) is 11.2 Å². The van der Waals surface area contributed by atoms with Crippen molar-refractivity contribution in [1.29, 1.82) is 0 Å². The smallest absolute Gasteiger partial charge is 0.267 e. The minimum atomic E-state index is -0.328. The summed E-state index contributed by atoms with van der Waals surface area (Å²) in [6, 6.07) is 3.82. The van der Waals surface area contributed by atoms with Crippen LogP contribution < -0.4 is 19.8 Å². The van der Waals surface area contributed by atoms with Crippen LogP contribution in [0.15, 0.2) is 27.8 Å². The third kappa shape index (κ3) is 4.36. The summed E-state index contributed by atoms with van der Waals surface area (Å²) in [5.74, 6) is 1.68. The Balaban J connectivity index is 1.39. The van der Waals surface area contributed by atoms with Crippen LogP contribution in [0.25, 0.3) is 11.1 Å². The summed E-state index contributed by atoms with van der Waals surface area (Å²) in [6.07, 6.45) is 1.33. The zero-order chi connectivity index (χ0) is 23.5. The fourth-order valence-electron chi connectivity index (χ4n) is 4.05. The van der Waals surface area contributed by atoms with Crippen molar-refractivity contribution in [1.82, 2.24) is 24.5 Å². The van der Waals surface area contributed by atoms with Crippen LogP contribution >= 0.6 is 0 Å². The SMILES string of the molecule is COc1ccc(CN2CCN(C(=O)Cn3cnc4onc(C)c4c3=O)CC2)c(OC)c1OC. The lowest BCUT2D eigenvalue weighted by atomic mass is 10.1. The van der Waals surface area contributed by atoms with E-state index in [4.69, 9.17) is 18.7 Å². The number of fused-ring (bicyclic) bond motifs is 1. The van der Waals surface area contributed by atoms with Gasteiger partial charge in [0.25, 0.3) is 11.3 Å². The number of ether oxygens (including phenoxy) is 3. The molecule has 176 valence electrons. The van der Waals surface area contributed by atoms with E-state index in [0.29, 0.717) is 61.1 Å². The van der Waals surface area contributed by atoms with Crippen molar-refractivity contribution in [2.45, 2.75) is 20.0 Å². The van der Waals surface area contributed by atoms with Crippen molar-refractivity contribution in [3.63, 3.8) is 0 Å². The number of hydrogen-bond donors (Lipinski definition) is 0. The highest BCUT2D eigenvalue weighted by atomic mass is 16.5. The number of nitrogens with zero attached hydrogens (tertiary/aromatic N) is 5. The number of piperazine rings is 1. The maximum Gasteiger partial charge on any atom is 0.267 e. The van der Waals surface area contributed by atoms with Crippen molar-refractivity contribution < 1.29 is 23.5 Å². The predicted molar refractivity (Wildman–Crippen MR) is 119 cm³/mol. The lowest BCUT2D eigenvalue weighted by Gasteiger charge is -2.35. The third-order valence-corrected chi connectivity index (χ3v) is 5.84. The molecule has 1 aromatic carbocycles. The molecule has 4 rings (SSSR count). The van der Waals surface area contributed by atoms with Gasteiger partial charge in [0.2, 0.25) is 11.7 Å². The molecule has 0 N–H and O–H groups in total. The van der Waals surface area contributed by atoms with E-state index in [0.717, 1.165) is 5.56 Å². The topological polar surface area (TPSA) is 112 Å². The van der Waals surface area contributed by atoms with E-state index in [1.807, 2.05) is 12.1 Å². The second-order valence-electron chi connectivity index (χ2n) is 7.78. The van der Waals surface area contributed by atoms with E-state index in [1.165, 1.54) is 10.9 Å². The minimum absolute atomic E-state index is 0.0735. The Morgan fingerprint density at radius 2 is 1.79 bits per heavy atom. The summed E-state index contributed by atoms with van der Waals surface area (Å²) >= 11 is 0. The van der Waals surface area contributed by atoms with E-state index in [9.17, 15) is 9.59 Å². The molecule has 0 bridgehead atoms. The first-order valence-corrected chi connectivity index (χ1v) is 10.6. The summed E-state index contributed by atoms with van der Waals surface area (Å²) in [5.41, 5.74) is 1.29. The van der Waals surface area contributed by atoms with Gasteiger partial charge >= 0.3 is 0 Å². The molecule has 0 saturated carbocycles. The summed E-state index contributed by atoms with van der Waals surface area (Å²) in [7, 11) is 4.77. The Morgan fingerprint density at radius 1 is 1.06 bits per heavy atom. The molecule has 0 unspecified atom stereocenters. The van der Waals surface area contributed by atoms with E-state index >= 15 is 0 Å². The number of rotatable bonds is 7. The quantitative estimate of drug-likeness (QED) is 0.514. The zero-order valence-electron chi connectivity index (χ0n) is 19.2. The minimum Gasteiger partial charge on any atom is -0.493 e. The molecule has 11 nitrogen and oxygen atoms in total. The average molecular weight is 457 g/mol. The summed E-state index contributed by atoms with van der Waals surface area (Å²) in [6.45, 7) is 4.76. The highest BCUT2D eigenvalue weighted by Gasteiger charge is 2.24. The van der Waals surface area contributed by atoms with Gasteiger partial charge in [0.05, 0.1) is 27.0 Å². The number of hydrogen-bond acceptors (Lipinski definition) is 9. The Hall–Kier alpha value is -3.60. The molecule has 11 heteroatoms. The van der Waals surface area contributed by atoms with Crippen LogP contribution in [-0.2, 0) is 17.9 Å². The van der Waals surface area contributed by atoms with Gasteiger partial charge < -0.3 is 23.6 Å². The molecule has 33 heavy (non-hydrogen) atoms. The fraction of sp³-hybridized carbons (Fsp3) is 0.455. The van der Waals surface area contributed by atoms with Gasteiger partial charge in [0.15, 0.2) is 11.5 Å². The molecule has 1 amide bonds. The highest BCUT2D eigenvalue weighted by molar-refractivity contribution is 5.77. The molecule has 1 aliphatic rings. The summed E-state index contributed by atoms with van der Waals surface area (Å²) in [4.78, 5) is 33.6. The van der Waals surface area contributed by atoms with Crippen LogP contribution in [0.1, 0.15) is 11.3 Å². The normalized spacial score (nSPS) is 14.5. The van der Waals surface area contributed by atoms with Crippen LogP contribution in [0, 0.1) is 6.92 Å². The van der Waals surface area contributed by atoms with E-state index in [-0.39, 0.29) is 23.7 Å². The number of amides is 1. The van der Waals surface area contributed by atoms with Crippen molar-refractivity contribution in [3.8, 4) is 17.2 Å². The zero-order valence-corrected chi connectivity index (χ0v) is 19.2. The number of methoxy groups -OCH3 is 3. The Kier molecular flexibility index (Phi) is 6.50. The van der Waals surface area contributed by atoms with Gasteiger partial charge in [-0.2, -0.15) is 0 Å². The molecule has 3 aromatic rings. The first kappa shape index (κ1) is 22.6. The number of aromatic nitrogens is 3. The van der Waals surface area contributed by atoms with E-state index in [1.54, 1.807) is 33.2 Å². The maximum atomic E-state index is 12.8. The molecule has 2 aromatic heterocycles. The van der Waals surface area contributed by atoms with Gasteiger partial charge in [-0.25, -0.2) is 4.98 Å². The van der Waals surface area contributed by atoms with Crippen LogP contribution in [0.5, 0.6) is 17.2 Å². The first-order valence-electron chi connectivity index (χ1n) is 10.6. The number of carbonyl (C=O) groups is 1. The third-order valence-electron chi connectivity index (χ3n) is 5.84. The van der Waals surface area contributed by atoms with Gasteiger partial charge in [-0.15, -0.1) is 0 Å². The Morgan fingerprint density at radius 3 is 2.45 bits per heavy atom. The molecule has 0 atom stereocenters. The lowest BCUT2D eigenvalue weighted by molar-refractivity contribution is -0.133. The Labute approximate surface area is 190 Å². The van der Waals surface area contributed by atoms with E-state index in [2.05, 4.69) is 15.0 Å². The number of aryl methyl sites for hydroxylation is 1. The number of carbonyl (C=O) groups excluding carboxylic acids is 1. The largest absolute Gasteiger partial charge is 0.493 e. The van der Waals surface area contributed by atoms with Gasteiger partial charge in [0, 0.05) is 38.3 Å². The van der Waals surface area contributed by atoms with Crippen molar-refractivity contribution >= 4 is 17.0 Å². The molecular formula is C22H27N5O6. The van der Waals surface area contributed by atoms with E-state index < -0.39 is 0 Å². The van der Waals surface area contributed by atoms with Crippen molar-refractivity contribution in [3.05, 3.63) is 40.1 Å². The summed E-state index contributed by atoms with van der Waals surface area (Å²) in [5, 5.41) is 4.07. The molecule has 0 aliphatic carbocycles. The molecule has 3 heterocycles. The molecule has 1 aliphatic heterocycles. The first-order chi connectivity index (χ1) is 16.0. The van der Waals surface area contributed by atoms with Crippen LogP contribution in [-0.4, -0.2) is 77.9 Å². The second-order valence-corrected chi connectivity index (χ2v) is 7.78. The van der Waals surface area contributed by atoms with Crippen LogP contribution in [0.3, 0.4) is 0 Å². The summed E-state index contributed by atoms with van der Waals surface area (Å²) < 4.78 is 22.7. The fourth-order valence-corrected chi connectivity index (χ4v) is 4.05. The standard InChI is InChI=1S/C22H27N5O6/c1-14-18-21(33-24-14)23-13-27(22(18)29)12-17(28)26-9-7-25(8-10-26)11-15-5-6-16(30-2)20(32-4)19(15)31-3/h5-6,13H,7-12H2,1-4H3. The van der Waals surface area contributed by atoms with Gasteiger partial charge in [-0.3, -0.25) is 19.1 Å². The molecule has 0 spiro atoms. The van der Waals surface area contributed by atoms with Crippen LogP contribution in [0.2, 0.25) is 0 Å². The second kappa shape index (κ2) is 9.49. The molecule has 0 radical (unpaired) electrons. The average Bonchev–Trinajstić information content (AvgIpc) is 3.22. The monoisotopic (exact) mass is 457 g/mol. The van der Waals surface area contributed by atoms with Crippen LogP contribution in [0.4, 0.5) is 0 Å². The molecule has 1 fully saturated rings. The predicted octanol–water partition coefficient (Wildman–Crippen LogP) is 1.06. The number of benzene rings is 1.